The van der Waals surface area contributed by atoms with Gasteiger partial charge in [0.2, 0.25) is 5.91 Å². The van der Waals surface area contributed by atoms with Gasteiger partial charge >= 0.3 is 6.03 Å². The number of anilines is 2. The van der Waals surface area contributed by atoms with Crippen LogP contribution in [0.15, 0.2) is 42.5 Å². The topological polar surface area (TPSA) is 61.4 Å². The second-order valence-corrected chi connectivity index (χ2v) is 5.72. The Hall–Kier alpha value is -2.96. The number of carbonyl (C=O) groups excluding carboxylic acids is 2. The predicted molar refractivity (Wildman–Crippen MR) is 90.5 cm³/mol. The van der Waals surface area contributed by atoms with Crippen molar-refractivity contribution in [2.45, 2.75) is 12.8 Å². The summed E-state index contributed by atoms with van der Waals surface area (Å²) in [5.74, 6) is -1.38. The smallest absolute Gasteiger partial charge is 0.321 e. The molecule has 0 aliphatic carbocycles. The molecule has 0 spiro atoms. The number of hydrogen-bond donors (Lipinski definition) is 2. The molecule has 1 aliphatic rings. The van der Waals surface area contributed by atoms with Crippen molar-refractivity contribution < 1.29 is 18.4 Å². The molecule has 2 N–H and O–H groups in total. The summed E-state index contributed by atoms with van der Waals surface area (Å²) in [4.78, 5) is 25.3. The number of rotatable bonds is 5. The third-order valence-corrected chi connectivity index (χ3v) is 3.93. The lowest BCUT2D eigenvalue weighted by Crippen LogP contribution is -2.27. The number of nitrogens with zero attached hydrogens (tertiary/aromatic N) is 1. The van der Waals surface area contributed by atoms with Crippen LogP contribution in [0, 0.1) is 11.6 Å². The summed E-state index contributed by atoms with van der Waals surface area (Å²) in [5, 5.41) is 5.42. The Morgan fingerprint density at radius 1 is 1.20 bits per heavy atom. The second-order valence-electron chi connectivity index (χ2n) is 5.72. The van der Waals surface area contributed by atoms with E-state index in [1.807, 2.05) is 0 Å². The zero-order valence-electron chi connectivity index (χ0n) is 13.4. The maximum atomic E-state index is 13.6. The molecule has 25 heavy (non-hydrogen) atoms. The highest BCUT2D eigenvalue weighted by Crippen LogP contribution is 2.21. The van der Waals surface area contributed by atoms with Crippen LogP contribution in [-0.4, -0.2) is 25.0 Å². The van der Waals surface area contributed by atoms with Crippen LogP contribution in [0.2, 0.25) is 0 Å². The molecule has 2 aromatic rings. The van der Waals surface area contributed by atoms with Crippen molar-refractivity contribution in [3.8, 4) is 0 Å². The Morgan fingerprint density at radius 2 is 2.04 bits per heavy atom. The average Bonchev–Trinajstić information content (AvgIpc) is 3.02. The van der Waals surface area contributed by atoms with E-state index in [2.05, 4.69) is 10.6 Å². The van der Waals surface area contributed by atoms with Gasteiger partial charge in [0, 0.05) is 30.9 Å². The number of benzene rings is 2. The van der Waals surface area contributed by atoms with Gasteiger partial charge in [-0.1, -0.05) is 6.07 Å². The summed E-state index contributed by atoms with van der Waals surface area (Å²) in [6.45, 7) is 1.14. The molecule has 0 aromatic heterocycles. The van der Waals surface area contributed by atoms with Gasteiger partial charge in [-0.05, 0) is 48.4 Å². The minimum Gasteiger partial charge on any atom is -0.336 e. The first-order valence-electron chi connectivity index (χ1n) is 7.92. The predicted octanol–water partition coefficient (Wildman–Crippen LogP) is 3.07. The molecule has 130 valence electrons. The summed E-state index contributed by atoms with van der Waals surface area (Å²) in [6.07, 6.45) is 0.123. The minimum absolute atomic E-state index is 0.0226. The molecule has 0 atom stereocenters. The number of aryl methyl sites for hydroxylation is 1. The largest absolute Gasteiger partial charge is 0.336 e. The molecule has 0 unspecified atom stereocenters. The molecule has 3 amide bonds. The first kappa shape index (κ1) is 16.9. The summed E-state index contributed by atoms with van der Waals surface area (Å²) in [5.41, 5.74) is 1.39. The number of urea groups is 1. The number of amides is 3. The van der Waals surface area contributed by atoms with E-state index in [0.29, 0.717) is 24.5 Å². The number of nitrogens with one attached hydrogen (secondary N) is 2. The summed E-state index contributed by atoms with van der Waals surface area (Å²) < 4.78 is 26.7. The maximum absolute atomic E-state index is 13.6. The normalized spacial score (nSPS) is 13.7. The van der Waals surface area contributed by atoms with Crippen LogP contribution < -0.4 is 15.5 Å². The molecule has 1 aliphatic heterocycles. The van der Waals surface area contributed by atoms with E-state index in [1.54, 1.807) is 29.2 Å². The van der Waals surface area contributed by atoms with Gasteiger partial charge in [-0.15, -0.1) is 0 Å². The number of carbonyl (C=O) groups is 2. The molecule has 5 nitrogen and oxygen atoms in total. The molecule has 0 bridgehead atoms. The molecule has 2 aromatic carbocycles. The van der Waals surface area contributed by atoms with Crippen molar-refractivity contribution in [1.82, 2.24) is 5.32 Å². The maximum Gasteiger partial charge on any atom is 0.321 e. The summed E-state index contributed by atoms with van der Waals surface area (Å²) in [6, 6.07) is 9.93. The molecule has 7 heteroatoms. The van der Waals surface area contributed by atoms with Gasteiger partial charge < -0.3 is 10.6 Å². The molecular formula is C18H17F2N3O2. The Labute approximate surface area is 143 Å². The van der Waals surface area contributed by atoms with E-state index in [0.717, 1.165) is 18.2 Å². The van der Waals surface area contributed by atoms with Gasteiger partial charge in [-0.25, -0.2) is 13.6 Å². The van der Waals surface area contributed by atoms with Crippen molar-refractivity contribution in [2.75, 3.05) is 23.3 Å². The van der Waals surface area contributed by atoms with Crippen LogP contribution in [0.1, 0.15) is 12.0 Å². The fourth-order valence-corrected chi connectivity index (χ4v) is 2.68. The van der Waals surface area contributed by atoms with Crippen molar-refractivity contribution in [1.29, 1.82) is 0 Å². The Bertz CT molecular complexity index is 811. The van der Waals surface area contributed by atoms with Crippen molar-refractivity contribution >= 4 is 23.3 Å². The molecule has 0 radical (unpaired) electrons. The minimum atomic E-state index is -0.534. The highest BCUT2D eigenvalue weighted by atomic mass is 19.1. The van der Waals surface area contributed by atoms with Gasteiger partial charge in [0.05, 0.1) is 0 Å². The van der Waals surface area contributed by atoms with E-state index in [1.165, 1.54) is 0 Å². The zero-order chi connectivity index (χ0) is 17.8. The van der Waals surface area contributed by atoms with E-state index in [-0.39, 0.29) is 30.3 Å². The van der Waals surface area contributed by atoms with E-state index < -0.39 is 11.6 Å². The average molecular weight is 345 g/mol. The molecule has 1 saturated heterocycles. The third kappa shape index (κ3) is 4.12. The highest BCUT2D eigenvalue weighted by Gasteiger charge is 2.21. The van der Waals surface area contributed by atoms with Crippen LogP contribution in [-0.2, 0) is 11.2 Å². The fourth-order valence-electron chi connectivity index (χ4n) is 2.68. The van der Waals surface area contributed by atoms with Crippen molar-refractivity contribution in [3.63, 3.8) is 0 Å². The zero-order valence-corrected chi connectivity index (χ0v) is 13.4. The van der Waals surface area contributed by atoms with Crippen molar-refractivity contribution in [2.24, 2.45) is 0 Å². The lowest BCUT2D eigenvalue weighted by Gasteiger charge is -2.15. The van der Waals surface area contributed by atoms with Crippen LogP contribution >= 0.6 is 0 Å². The monoisotopic (exact) mass is 345 g/mol. The van der Waals surface area contributed by atoms with E-state index in [4.69, 9.17) is 0 Å². The molecule has 3 rings (SSSR count). The Morgan fingerprint density at radius 3 is 2.80 bits per heavy atom. The van der Waals surface area contributed by atoms with E-state index >= 15 is 0 Å². The van der Waals surface area contributed by atoms with Gasteiger partial charge in [-0.3, -0.25) is 9.69 Å². The van der Waals surface area contributed by atoms with Gasteiger partial charge in [0.1, 0.15) is 11.6 Å². The van der Waals surface area contributed by atoms with Crippen LogP contribution in [0.3, 0.4) is 0 Å². The van der Waals surface area contributed by atoms with Crippen LogP contribution in [0.5, 0.6) is 0 Å². The number of hydrogen-bond acceptors (Lipinski definition) is 2. The summed E-state index contributed by atoms with van der Waals surface area (Å²) in [7, 11) is 0. The first-order valence-corrected chi connectivity index (χ1v) is 7.92. The lowest BCUT2D eigenvalue weighted by molar-refractivity contribution is -0.116. The molecule has 1 fully saturated rings. The lowest BCUT2D eigenvalue weighted by atomic mass is 10.1. The van der Waals surface area contributed by atoms with Gasteiger partial charge in [-0.2, -0.15) is 0 Å². The van der Waals surface area contributed by atoms with Gasteiger partial charge in [0.15, 0.2) is 0 Å². The van der Waals surface area contributed by atoms with E-state index in [9.17, 15) is 18.4 Å². The molecule has 0 saturated carbocycles. The van der Waals surface area contributed by atoms with Crippen LogP contribution in [0.25, 0.3) is 0 Å². The first-order chi connectivity index (χ1) is 12.0. The molecule has 1 heterocycles. The number of halogens is 2. The standard InChI is InChI=1S/C18H17F2N3O2/c19-13-5-6-16(20)12(10-13)4-7-17(24)22-14-2-1-3-15(11-14)23-9-8-21-18(23)25/h1-3,5-6,10-11H,4,7-9H2,(H,21,25)(H,22,24). The summed E-state index contributed by atoms with van der Waals surface area (Å²) >= 11 is 0. The molecular weight excluding hydrogens is 328 g/mol. The Balaban J connectivity index is 1.61. The Kier molecular flexibility index (Phi) is 4.92. The fraction of sp³-hybridized carbons (Fsp3) is 0.222. The van der Waals surface area contributed by atoms with Crippen molar-refractivity contribution in [3.05, 3.63) is 59.7 Å². The SMILES string of the molecule is O=C(CCc1cc(F)ccc1F)Nc1cccc(N2CCNC2=O)c1. The third-order valence-electron chi connectivity index (χ3n) is 3.93. The second kappa shape index (κ2) is 7.29. The van der Waals surface area contributed by atoms with Gasteiger partial charge in [0.25, 0.3) is 0 Å². The van der Waals surface area contributed by atoms with Crippen LogP contribution in [0.4, 0.5) is 25.0 Å². The quantitative estimate of drug-likeness (QED) is 0.875. The highest BCUT2D eigenvalue weighted by molar-refractivity contribution is 5.96.